The van der Waals surface area contributed by atoms with Crippen LogP contribution in [0, 0.1) is 0 Å². The van der Waals surface area contributed by atoms with E-state index in [1.54, 1.807) is 0 Å². The molecule has 1 heterocycles. The quantitative estimate of drug-likeness (QED) is 0.722. The summed E-state index contributed by atoms with van der Waals surface area (Å²) < 4.78 is 64.6. The maximum Gasteiger partial charge on any atom is 0.471 e. The van der Waals surface area contributed by atoms with Gasteiger partial charge in [0.1, 0.15) is 12.7 Å². The number of hydrogen-bond acceptors (Lipinski definition) is 3. The van der Waals surface area contributed by atoms with Gasteiger partial charge >= 0.3 is 12.1 Å². The molecule has 18 heavy (non-hydrogen) atoms. The summed E-state index contributed by atoms with van der Waals surface area (Å²) in [5, 5.41) is 0. The number of halogens is 5. The average molecular weight is 275 g/mol. The molecule has 1 unspecified atom stereocenters. The van der Waals surface area contributed by atoms with Gasteiger partial charge in [-0.25, -0.2) is 8.78 Å². The maximum absolute atomic E-state index is 12.1. The Morgan fingerprint density at radius 3 is 2.56 bits per heavy atom. The minimum atomic E-state index is -5.05. The number of nitrogens with zero attached hydrogens (tertiary/aromatic N) is 1. The van der Waals surface area contributed by atoms with E-state index >= 15 is 0 Å². The monoisotopic (exact) mass is 275 g/mol. The molecule has 0 aromatic heterocycles. The Bertz CT molecular complexity index is 331. The van der Waals surface area contributed by atoms with Gasteiger partial charge in [0.05, 0.1) is 6.54 Å². The largest absolute Gasteiger partial charge is 0.471 e. The van der Waals surface area contributed by atoms with Gasteiger partial charge in [-0.3, -0.25) is 9.59 Å². The standard InChI is InChI=1S/C9H10F5NO3/c10-7(11)4-18-6-3-15(2-1-5(6)16)8(17)9(12,13)14/h6-7H,1-4H2. The summed E-state index contributed by atoms with van der Waals surface area (Å²) >= 11 is 0. The van der Waals surface area contributed by atoms with Crippen molar-refractivity contribution in [2.24, 2.45) is 0 Å². The second-order valence-corrected chi connectivity index (χ2v) is 3.68. The van der Waals surface area contributed by atoms with Crippen molar-refractivity contribution in [3.63, 3.8) is 0 Å². The Labute approximate surface area is 98.7 Å². The fraction of sp³-hybridized carbons (Fsp3) is 0.778. The van der Waals surface area contributed by atoms with E-state index in [4.69, 9.17) is 0 Å². The molecular formula is C9H10F5NO3. The van der Waals surface area contributed by atoms with Crippen LogP contribution in [0.4, 0.5) is 22.0 Å². The van der Waals surface area contributed by atoms with Gasteiger partial charge in [-0.2, -0.15) is 13.2 Å². The highest BCUT2D eigenvalue weighted by Crippen LogP contribution is 2.21. The number of carbonyl (C=O) groups is 2. The first-order valence-electron chi connectivity index (χ1n) is 5.00. The Kier molecular flexibility index (Phi) is 4.60. The number of rotatable bonds is 3. The van der Waals surface area contributed by atoms with Crippen molar-refractivity contribution in [3.8, 4) is 0 Å². The second kappa shape index (κ2) is 5.59. The molecule has 1 fully saturated rings. The van der Waals surface area contributed by atoms with Crippen LogP contribution in [0.1, 0.15) is 6.42 Å². The number of alkyl halides is 5. The molecule has 1 aliphatic heterocycles. The third kappa shape index (κ3) is 3.90. The molecule has 1 saturated heterocycles. The van der Waals surface area contributed by atoms with E-state index in [1.165, 1.54) is 0 Å². The van der Waals surface area contributed by atoms with Gasteiger partial charge in [0.15, 0.2) is 5.78 Å². The lowest BCUT2D eigenvalue weighted by atomic mass is 10.1. The van der Waals surface area contributed by atoms with Crippen LogP contribution in [0.5, 0.6) is 0 Å². The number of amides is 1. The topological polar surface area (TPSA) is 46.6 Å². The first kappa shape index (κ1) is 14.8. The molecular weight excluding hydrogens is 265 g/mol. The van der Waals surface area contributed by atoms with Gasteiger partial charge in [0.2, 0.25) is 0 Å². The summed E-state index contributed by atoms with van der Waals surface area (Å²) in [6, 6.07) is 0. The van der Waals surface area contributed by atoms with E-state index in [2.05, 4.69) is 4.74 Å². The fourth-order valence-electron chi connectivity index (χ4n) is 1.50. The Morgan fingerprint density at radius 2 is 2.06 bits per heavy atom. The summed E-state index contributed by atoms with van der Waals surface area (Å²) in [5.41, 5.74) is 0. The molecule has 0 aromatic rings. The fourth-order valence-corrected chi connectivity index (χ4v) is 1.50. The van der Waals surface area contributed by atoms with Gasteiger partial charge in [-0.05, 0) is 0 Å². The summed E-state index contributed by atoms with van der Waals surface area (Å²) in [5.74, 6) is -2.68. The lowest BCUT2D eigenvalue weighted by Gasteiger charge is -2.31. The molecule has 0 aliphatic carbocycles. The molecule has 1 rings (SSSR count). The van der Waals surface area contributed by atoms with E-state index in [1.807, 2.05) is 0 Å². The number of hydrogen-bond donors (Lipinski definition) is 0. The van der Waals surface area contributed by atoms with Crippen LogP contribution < -0.4 is 0 Å². The molecule has 0 aromatic carbocycles. The number of carbonyl (C=O) groups excluding carboxylic acids is 2. The van der Waals surface area contributed by atoms with Crippen LogP contribution in [-0.2, 0) is 14.3 Å². The normalized spacial score (nSPS) is 21.6. The van der Waals surface area contributed by atoms with Crippen molar-refractivity contribution in [2.75, 3.05) is 19.7 Å². The van der Waals surface area contributed by atoms with Crippen LogP contribution in [-0.4, -0.2) is 55.0 Å². The van der Waals surface area contributed by atoms with Crippen LogP contribution in [0.2, 0.25) is 0 Å². The Hall–Kier alpha value is -1.25. The molecule has 1 amide bonds. The smallest absolute Gasteiger partial charge is 0.363 e. The number of likely N-dealkylation sites (tertiary alicyclic amines) is 1. The zero-order valence-corrected chi connectivity index (χ0v) is 9.04. The summed E-state index contributed by atoms with van der Waals surface area (Å²) in [4.78, 5) is 22.5. The third-order valence-corrected chi connectivity index (χ3v) is 2.33. The van der Waals surface area contributed by atoms with Crippen molar-refractivity contribution in [2.45, 2.75) is 25.1 Å². The summed E-state index contributed by atoms with van der Waals surface area (Å²) in [6.07, 6.45) is -9.63. The molecule has 0 spiro atoms. The third-order valence-electron chi connectivity index (χ3n) is 2.33. The highest BCUT2D eigenvalue weighted by Gasteiger charge is 2.45. The predicted molar refractivity (Wildman–Crippen MR) is 48.0 cm³/mol. The van der Waals surface area contributed by atoms with Crippen molar-refractivity contribution in [1.29, 1.82) is 0 Å². The lowest BCUT2D eigenvalue weighted by molar-refractivity contribution is -0.189. The number of ketones is 1. The van der Waals surface area contributed by atoms with E-state index in [0.717, 1.165) is 0 Å². The van der Waals surface area contributed by atoms with Crippen LogP contribution in [0.15, 0.2) is 0 Å². The van der Waals surface area contributed by atoms with E-state index in [9.17, 15) is 31.5 Å². The van der Waals surface area contributed by atoms with Crippen molar-refractivity contribution in [3.05, 3.63) is 0 Å². The zero-order chi connectivity index (χ0) is 13.9. The minimum Gasteiger partial charge on any atom is -0.363 e. The molecule has 0 bridgehead atoms. The lowest BCUT2D eigenvalue weighted by Crippen LogP contribution is -2.52. The van der Waals surface area contributed by atoms with Gasteiger partial charge in [0.25, 0.3) is 6.43 Å². The minimum absolute atomic E-state index is 0.338. The maximum atomic E-state index is 12.1. The van der Waals surface area contributed by atoms with Crippen molar-refractivity contribution >= 4 is 11.7 Å². The summed E-state index contributed by atoms with van der Waals surface area (Å²) in [7, 11) is 0. The van der Waals surface area contributed by atoms with Crippen LogP contribution in [0.3, 0.4) is 0 Å². The molecule has 104 valence electrons. The molecule has 0 saturated carbocycles. The van der Waals surface area contributed by atoms with Crippen molar-refractivity contribution in [1.82, 2.24) is 4.90 Å². The first-order valence-corrected chi connectivity index (χ1v) is 5.00. The van der Waals surface area contributed by atoms with Gasteiger partial charge in [0, 0.05) is 13.0 Å². The highest BCUT2D eigenvalue weighted by molar-refractivity contribution is 5.88. The van der Waals surface area contributed by atoms with Crippen LogP contribution in [0.25, 0.3) is 0 Å². The first-order chi connectivity index (χ1) is 8.21. The molecule has 4 nitrogen and oxygen atoms in total. The predicted octanol–water partition coefficient (Wildman–Crippen LogP) is 1.00. The summed E-state index contributed by atoms with van der Waals surface area (Å²) in [6.45, 7) is -2.08. The number of piperidine rings is 1. The van der Waals surface area contributed by atoms with E-state index in [0.29, 0.717) is 4.90 Å². The van der Waals surface area contributed by atoms with Crippen LogP contribution >= 0.6 is 0 Å². The van der Waals surface area contributed by atoms with Gasteiger partial charge in [-0.1, -0.05) is 0 Å². The second-order valence-electron chi connectivity index (χ2n) is 3.68. The molecule has 0 N–H and O–H groups in total. The SMILES string of the molecule is O=C1CCN(C(=O)C(F)(F)F)CC1OCC(F)F. The van der Waals surface area contributed by atoms with Crippen molar-refractivity contribution < 1.29 is 36.3 Å². The highest BCUT2D eigenvalue weighted by atomic mass is 19.4. The van der Waals surface area contributed by atoms with E-state index < -0.39 is 43.5 Å². The van der Waals surface area contributed by atoms with Gasteiger partial charge in [-0.15, -0.1) is 0 Å². The molecule has 1 aliphatic rings. The Balaban J connectivity index is 2.60. The molecule has 1 atom stereocenters. The Morgan fingerprint density at radius 1 is 1.44 bits per heavy atom. The zero-order valence-electron chi connectivity index (χ0n) is 9.04. The van der Waals surface area contributed by atoms with Gasteiger partial charge < -0.3 is 9.64 Å². The van der Waals surface area contributed by atoms with E-state index in [-0.39, 0.29) is 13.0 Å². The number of ether oxygens (including phenoxy) is 1. The molecule has 0 radical (unpaired) electrons. The average Bonchev–Trinajstić information content (AvgIpc) is 2.25. The number of Topliss-reactive ketones (excluding diaryl/α,β-unsaturated/α-hetero) is 1. The molecule has 9 heteroatoms.